The van der Waals surface area contributed by atoms with E-state index in [0.717, 1.165) is 25.0 Å². The molecular formula is C16H27NO2. The summed E-state index contributed by atoms with van der Waals surface area (Å²) in [6.07, 6.45) is 2.58. The molecule has 0 aliphatic carbocycles. The number of unbranched alkanes of at least 4 members (excludes halogenated alkanes) is 1. The van der Waals surface area contributed by atoms with Crippen LogP contribution >= 0.6 is 0 Å². The molecular weight excluding hydrogens is 238 g/mol. The Labute approximate surface area is 116 Å². The molecule has 1 aromatic rings. The highest BCUT2D eigenvalue weighted by Gasteiger charge is 2.16. The van der Waals surface area contributed by atoms with Crippen molar-refractivity contribution >= 4 is 0 Å². The smallest absolute Gasteiger partial charge is 0.122 e. The van der Waals surface area contributed by atoms with E-state index in [0.29, 0.717) is 13.2 Å². The number of benzene rings is 1. The first-order chi connectivity index (χ1) is 8.85. The third kappa shape index (κ3) is 5.21. The van der Waals surface area contributed by atoms with E-state index in [2.05, 4.69) is 32.9 Å². The lowest BCUT2D eigenvalue weighted by atomic mass is 9.99. The third-order valence-electron chi connectivity index (χ3n) is 3.57. The monoisotopic (exact) mass is 265 g/mol. The summed E-state index contributed by atoms with van der Waals surface area (Å²) >= 11 is 0. The molecule has 3 N–H and O–H groups in total. The maximum atomic E-state index is 9.79. The molecule has 0 aliphatic heterocycles. The van der Waals surface area contributed by atoms with Crippen molar-refractivity contribution in [3.8, 4) is 5.75 Å². The van der Waals surface area contributed by atoms with Crippen LogP contribution < -0.4 is 10.5 Å². The van der Waals surface area contributed by atoms with E-state index in [-0.39, 0.29) is 0 Å². The lowest BCUT2D eigenvalue weighted by Gasteiger charge is -2.20. The van der Waals surface area contributed by atoms with Gasteiger partial charge in [-0.2, -0.15) is 0 Å². The Bertz CT molecular complexity index is 413. The van der Waals surface area contributed by atoms with Crippen molar-refractivity contribution in [2.45, 2.75) is 52.6 Å². The molecule has 0 spiro atoms. The number of hydrogen-bond acceptors (Lipinski definition) is 3. The zero-order valence-corrected chi connectivity index (χ0v) is 12.6. The van der Waals surface area contributed by atoms with Gasteiger partial charge in [-0.25, -0.2) is 0 Å². The Kier molecular flexibility index (Phi) is 5.83. The van der Waals surface area contributed by atoms with Gasteiger partial charge in [0.15, 0.2) is 0 Å². The molecule has 1 aromatic carbocycles. The highest BCUT2D eigenvalue weighted by molar-refractivity contribution is 5.41. The second-order valence-corrected chi connectivity index (χ2v) is 5.71. The second-order valence-electron chi connectivity index (χ2n) is 5.71. The van der Waals surface area contributed by atoms with Crippen molar-refractivity contribution in [3.05, 3.63) is 28.8 Å². The minimum atomic E-state index is -0.740. The van der Waals surface area contributed by atoms with Crippen LogP contribution in [-0.2, 0) is 0 Å². The summed E-state index contributed by atoms with van der Waals surface area (Å²) in [6.45, 7) is 9.05. The molecule has 1 unspecified atom stereocenters. The third-order valence-corrected chi connectivity index (χ3v) is 3.57. The summed E-state index contributed by atoms with van der Waals surface area (Å²) in [5, 5.41) is 9.79. The number of rotatable bonds is 7. The quantitative estimate of drug-likeness (QED) is 0.745. The summed E-state index contributed by atoms with van der Waals surface area (Å²) in [7, 11) is 0. The normalized spacial score (nSPS) is 14.2. The summed E-state index contributed by atoms with van der Waals surface area (Å²) in [5.74, 6) is 0.975. The van der Waals surface area contributed by atoms with Crippen molar-refractivity contribution in [1.29, 1.82) is 0 Å². The fourth-order valence-corrected chi connectivity index (χ4v) is 2.04. The lowest BCUT2D eigenvalue weighted by Crippen LogP contribution is -2.33. The van der Waals surface area contributed by atoms with Crippen molar-refractivity contribution in [2.24, 2.45) is 5.73 Å². The Morgan fingerprint density at radius 1 is 1.21 bits per heavy atom. The molecule has 0 amide bonds. The lowest BCUT2D eigenvalue weighted by molar-refractivity contribution is 0.0562. The van der Waals surface area contributed by atoms with Gasteiger partial charge in [-0.05, 0) is 69.7 Å². The minimum absolute atomic E-state index is 0.310. The molecule has 0 aromatic heterocycles. The summed E-state index contributed by atoms with van der Waals surface area (Å²) in [4.78, 5) is 0. The number of nitrogens with two attached hydrogens (primary N) is 1. The molecule has 0 heterocycles. The fourth-order valence-electron chi connectivity index (χ4n) is 2.04. The molecule has 0 radical (unpaired) electrons. The van der Waals surface area contributed by atoms with Gasteiger partial charge >= 0.3 is 0 Å². The predicted molar refractivity (Wildman–Crippen MR) is 79.7 cm³/mol. The topological polar surface area (TPSA) is 55.5 Å². The minimum Gasteiger partial charge on any atom is -0.493 e. The van der Waals surface area contributed by atoms with E-state index in [9.17, 15) is 5.11 Å². The van der Waals surface area contributed by atoms with Gasteiger partial charge in [0.2, 0.25) is 0 Å². The molecule has 3 heteroatoms. The van der Waals surface area contributed by atoms with Gasteiger partial charge in [0.05, 0.1) is 12.2 Å². The second kappa shape index (κ2) is 6.92. The van der Waals surface area contributed by atoms with Crippen LogP contribution in [0.3, 0.4) is 0 Å². The molecule has 0 saturated carbocycles. The van der Waals surface area contributed by atoms with Gasteiger partial charge < -0.3 is 15.6 Å². The van der Waals surface area contributed by atoms with Crippen LogP contribution in [0.2, 0.25) is 0 Å². The van der Waals surface area contributed by atoms with E-state index >= 15 is 0 Å². The van der Waals surface area contributed by atoms with Gasteiger partial charge in [-0.1, -0.05) is 6.07 Å². The van der Waals surface area contributed by atoms with Crippen LogP contribution in [0.1, 0.15) is 42.9 Å². The van der Waals surface area contributed by atoms with Crippen LogP contribution in [0.5, 0.6) is 5.75 Å². The molecule has 0 fully saturated rings. The van der Waals surface area contributed by atoms with E-state index in [4.69, 9.17) is 10.5 Å². The van der Waals surface area contributed by atoms with Crippen molar-refractivity contribution < 1.29 is 9.84 Å². The van der Waals surface area contributed by atoms with Gasteiger partial charge in [0, 0.05) is 6.54 Å². The molecule has 0 saturated heterocycles. The van der Waals surface area contributed by atoms with Crippen molar-refractivity contribution in [3.63, 3.8) is 0 Å². The first-order valence-electron chi connectivity index (χ1n) is 6.99. The van der Waals surface area contributed by atoms with Crippen molar-refractivity contribution in [1.82, 2.24) is 0 Å². The van der Waals surface area contributed by atoms with Crippen molar-refractivity contribution in [2.75, 3.05) is 13.2 Å². The Morgan fingerprint density at radius 3 is 2.53 bits per heavy atom. The molecule has 108 valence electrons. The Hall–Kier alpha value is -1.06. The standard InChI is InChI=1S/C16H27NO2/c1-12-9-13(2)14(3)15(10-12)19-8-6-5-7-16(4,18)11-17/h9-10,18H,5-8,11,17H2,1-4H3. The van der Waals surface area contributed by atoms with Crippen LogP contribution in [0.25, 0.3) is 0 Å². The highest BCUT2D eigenvalue weighted by atomic mass is 16.5. The average molecular weight is 265 g/mol. The molecule has 0 aliphatic rings. The van der Waals surface area contributed by atoms with E-state index in [1.807, 2.05) is 0 Å². The molecule has 19 heavy (non-hydrogen) atoms. The SMILES string of the molecule is Cc1cc(C)c(C)c(OCCCCC(C)(O)CN)c1. The summed E-state index contributed by atoms with van der Waals surface area (Å²) in [5.41, 5.74) is 8.44. The van der Waals surface area contributed by atoms with E-state index in [1.54, 1.807) is 6.92 Å². The van der Waals surface area contributed by atoms with Gasteiger partial charge in [-0.3, -0.25) is 0 Å². The maximum Gasteiger partial charge on any atom is 0.122 e. The van der Waals surface area contributed by atoms with Crippen LogP contribution in [0.4, 0.5) is 0 Å². The zero-order valence-electron chi connectivity index (χ0n) is 12.6. The number of ether oxygens (including phenoxy) is 1. The van der Waals surface area contributed by atoms with Crippen LogP contribution in [-0.4, -0.2) is 23.9 Å². The largest absolute Gasteiger partial charge is 0.493 e. The number of aryl methyl sites for hydroxylation is 2. The average Bonchev–Trinajstić information content (AvgIpc) is 2.34. The van der Waals surface area contributed by atoms with Gasteiger partial charge in [-0.15, -0.1) is 0 Å². The number of aliphatic hydroxyl groups is 1. The fraction of sp³-hybridized carbons (Fsp3) is 0.625. The molecule has 1 atom stereocenters. The molecule has 1 rings (SSSR count). The van der Waals surface area contributed by atoms with E-state index < -0.39 is 5.60 Å². The first kappa shape index (κ1) is 16.0. The number of hydrogen-bond donors (Lipinski definition) is 2. The van der Waals surface area contributed by atoms with Crippen LogP contribution in [0, 0.1) is 20.8 Å². The first-order valence-corrected chi connectivity index (χ1v) is 6.99. The summed E-state index contributed by atoms with van der Waals surface area (Å²) < 4.78 is 5.83. The van der Waals surface area contributed by atoms with Gasteiger partial charge in [0.25, 0.3) is 0 Å². The Morgan fingerprint density at radius 2 is 1.89 bits per heavy atom. The highest BCUT2D eigenvalue weighted by Crippen LogP contribution is 2.23. The Balaban J connectivity index is 2.38. The van der Waals surface area contributed by atoms with Gasteiger partial charge in [0.1, 0.15) is 5.75 Å². The zero-order chi connectivity index (χ0) is 14.5. The predicted octanol–water partition coefficient (Wildman–Crippen LogP) is 2.87. The molecule has 3 nitrogen and oxygen atoms in total. The van der Waals surface area contributed by atoms with Crippen LogP contribution in [0.15, 0.2) is 12.1 Å². The molecule has 0 bridgehead atoms. The maximum absolute atomic E-state index is 9.79. The van der Waals surface area contributed by atoms with E-state index in [1.165, 1.54) is 16.7 Å². The summed E-state index contributed by atoms with van der Waals surface area (Å²) in [6, 6.07) is 4.25.